The molecule has 0 fully saturated rings. The quantitative estimate of drug-likeness (QED) is 0.0254. The Labute approximate surface area is 484 Å². The summed E-state index contributed by atoms with van der Waals surface area (Å²) in [6.45, 7) is 11.0. The van der Waals surface area contributed by atoms with Crippen LogP contribution >= 0.6 is 0 Å². The molecule has 2 atom stereocenters. The SMILES string of the molecule is COc1cc(N=Nc2cc(C)c(N=NC3=CCc4c(cc(S(=O)(=O)O)cc4S(=O)(=O)O)C=C3)cc2C)c(C)cc1NC(Nc1cc(C)c(N=Nc2cc(C)c(N=NC3=CC=C4C=C(S(=O)(=O)O)C=C(S(=O)(=O)O)C4C3)cc2C)cc1OC)OC. The zero-order valence-electron chi connectivity index (χ0n) is 46.4. The van der Waals surface area contributed by atoms with E-state index in [4.69, 9.17) is 14.2 Å². The van der Waals surface area contributed by atoms with Gasteiger partial charge in [-0.2, -0.15) is 74.6 Å². The van der Waals surface area contributed by atoms with Crippen LogP contribution in [0, 0.1) is 47.5 Å². The summed E-state index contributed by atoms with van der Waals surface area (Å²) >= 11 is 0. The fraction of sp³-hybridized carbons (Fsp3) is 0.236. The van der Waals surface area contributed by atoms with Crippen LogP contribution in [-0.2, 0) is 51.6 Å². The molecular weight excluding hydrogens is 1170 g/mol. The molecule has 84 heavy (non-hydrogen) atoms. The molecule has 29 heteroatoms. The van der Waals surface area contributed by atoms with Crippen molar-refractivity contribution >= 4 is 92.0 Å². The highest BCUT2D eigenvalue weighted by Gasteiger charge is 2.35. The second-order valence-electron chi connectivity index (χ2n) is 19.5. The molecule has 0 spiro atoms. The van der Waals surface area contributed by atoms with Crippen LogP contribution in [0.1, 0.15) is 50.9 Å². The number of ether oxygens (including phenoxy) is 3. The number of nitrogens with one attached hydrogen (secondary N) is 2. The minimum Gasteiger partial charge on any atom is -0.495 e. The first-order valence-corrected chi connectivity index (χ1v) is 30.8. The van der Waals surface area contributed by atoms with Gasteiger partial charge in [0.05, 0.1) is 90.7 Å². The van der Waals surface area contributed by atoms with Crippen molar-refractivity contribution in [3.63, 3.8) is 0 Å². The molecule has 0 aliphatic heterocycles. The number of nitrogens with zero attached hydrogens (tertiary/aromatic N) is 8. The van der Waals surface area contributed by atoms with E-state index in [1.807, 2.05) is 53.7 Å². The highest BCUT2D eigenvalue weighted by Crippen LogP contribution is 2.42. The molecule has 0 amide bonds. The van der Waals surface area contributed by atoms with Gasteiger partial charge in [-0.1, -0.05) is 18.2 Å². The van der Waals surface area contributed by atoms with Crippen molar-refractivity contribution in [3.05, 3.63) is 168 Å². The normalized spacial score (nSPS) is 16.2. The van der Waals surface area contributed by atoms with Crippen molar-refractivity contribution in [2.45, 2.75) is 70.5 Å². The molecule has 2 unspecified atom stereocenters. The number of hydrogen-bond acceptors (Lipinski definition) is 21. The molecule has 25 nitrogen and oxygen atoms in total. The zero-order chi connectivity index (χ0) is 61.2. The van der Waals surface area contributed by atoms with Crippen LogP contribution in [0.15, 0.2) is 175 Å². The first-order chi connectivity index (χ1) is 39.4. The summed E-state index contributed by atoms with van der Waals surface area (Å²) in [5, 5.41) is 42.3. The zero-order valence-corrected chi connectivity index (χ0v) is 49.6. The minimum atomic E-state index is -4.85. The largest absolute Gasteiger partial charge is 0.495 e. The molecule has 3 aliphatic carbocycles. The van der Waals surface area contributed by atoms with Gasteiger partial charge in [0.15, 0.2) is 0 Å². The van der Waals surface area contributed by atoms with E-state index in [0.717, 1.165) is 40.5 Å². The van der Waals surface area contributed by atoms with Gasteiger partial charge in [-0.05, 0) is 171 Å². The average Bonchev–Trinajstić information content (AvgIpc) is 3.82. The summed E-state index contributed by atoms with van der Waals surface area (Å²) in [4.78, 5) is -2.60. The van der Waals surface area contributed by atoms with E-state index >= 15 is 0 Å². The second-order valence-corrected chi connectivity index (χ2v) is 25.1. The maximum atomic E-state index is 12.2. The Bertz CT molecular complexity index is 4360. The third-order valence-electron chi connectivity index (χ3n) is 13.5. The lowest BCUT2D eigenvalue weighted by Crippen LogP contribution is -2.31. The van der Waals surface area contributed by atoms with Crippen LogP contribution in [0.2, 0.25) is 0 Å². The number of hydrogen-bond donors (Lipinski definition) is 6. The van der Waals surface area contributed by atoms with E-state index < -0.39 is 72.3 Å². The number of benzene rings is 5. The van der Waals surface area contributed by atoms with E-state index in [1.54, 1.807) is 48.6 Å². The van der Waals surface area contributed by atoms with Crippen LogP contribution in [-0.4, -0.2) is 79.6 Å². The Balaban J connectivity index is 0.923. The topological polar surface area (TPSA) is 368 Å². The van der Waals surface area contributed by atoms with Crippen molar-refractivity contribution in [1.29, 1.82) is 0 Å². The molecule has 0 bridgehead atoms. The summed E-state index contributed by atoms with van der Waals surface area (Å²) in [5.74, 6) is -0.0799. The lowest BCUT2D eigenvalue weighted by Gasteiger charge is -2.26. The number of rotatable bonds is 19. The van der Waals surface area contributed by atoms with E-state index in [0.29, 0.717) is 85.6 Å². The van der Waals surface area contributed by atoms with Gasteiger partial charge in [0.25, 0.3) is 40.5 Å². The molecule has 0 aromatic heterocycles. The van der Waals surface area contributed by atoms with E-state index in [9.17, 15) is 51.9 Å². The number of anilines is 2. The Kier molecular flexibility index (Phi) is 18.0. The summed E-state index contributed by atoms with van der Waals surface area (Å²) < 4.78 is 152. The highest BCUT2D eigenvalue weighted by atomic mass is 32.2. The average molecular weight is 1230 g/mol. The number of azo groups is 4. The molecule has 8 rings (SSSR count). The maximum Gasteiger partial charge on any atom is 0.294 e. The van der Waals surface area contributed by atoms with Crippen molar-refractivity contribution < 1.29 is 66.1 Å². The number of aryl methyl sites for hydroxylation is 6. The number of methoxy groups -OCH3 is 3. The molecule has 6 N–H and O–H groups in total. The number of allylic oxidation sites excluding steroid dienone is 9. The first kappa shape index (κ1) is 61.8. The lowest BCUT2D eigenvalue weighted by molar-refractivity contribution is 0.147. The molecule has 440 valence electrons. The lowest BCUT2D eigenvalue weighted by atomic mass is 9.86. The van der Waals surface area contributed by atoms with Gasteiger partial charge in [0.2, 0.25) is 6.35 Å². The van der Waals surface area contributed by atoms with E-state index in [-0.39, 0.29) is 29.5 Å². The Morgan fingerprint density at radius 1 is 0.512 bits per heavy atom. The van der Waals surface area contributed by atoms with Crippen molar-refractivity contribution in [2.75, 3.05) is 32.0 Å². The fourth-order valence-corrected chi connectivity index (χ4v) is 11.9. The Morgan fingerprint density at radius 2 is 0.976 bits per heavy atom. The van der Waals surface area contributed by atoms with Gasteiger partial charge in [-0.15, -0.1) is 0 Å². The standard InChI is InChI=1S/C55H56N10O15S4/c1-29-18-45(31(3)16-43(29)60-58-37-12-10-35-22-39(81(66,67)68)25-53(83(72,73)74)41(35)15-14-37)62-64-47-27-51(78-7)49(20-33(47)5)56-55(80-9)57-50-21-34(6)48(28-52(50)79-8)65-63-46-19-30(2)44(17-32(46)4)61-59-38-13-11-36-23-40(82(69,70)71)26-54(42(36)24-38)84(75,76)77/h10-14,16-23,25-28,42,55-57H,15,24H2,1-9H3,(H,66,67,68)(H,69,70,71)(H,72,73,74)(H,75,76,77). The number of fused-ring (bicyclic) bond motifs is 2. The molecule has 5 aromatic rings. The summed E-state index contributed by atoms with van der Waals surface area (Å²) in [5.41, 5.74) is 9.83. The van der Waals surface area contributed by atoms with Gasteiger partial charge in [0, 0.05) is 31.6 Å². The van der Waals surface area contributed by atoms with Crippen LogP contribution in [0.4, 0.5) is 45.5 Å². The van der Waals surface area contributed by atoms with Crippen LogP contribution in [0.25, 0.3) is 6.08 Å². The second kappa shape index (κ2) is 24.5. The van der Waals surface area contributed by atoms with Crippen LogP contribution in [0.5, 0.6) is 11.5 Å². The Morgan fingerprint density at radius 3 is 1.42 bits per heavy atom. The third-order valence-corrected chi connectivity index (χ3v) is 17.1. The summed E-state index contributed by atoms with van der Waals surface area (Å²) in [6, 6.07) is 16.1. The van der Waals surface area contributed by atoms with Crippen LogP contribution in [0.3, 0.4) is 0 Å². The summed E-state index contributed by atoms with van der Waals surface area (Å²) in [7, 11) is -14.7. The smallest absolute Gasteiger partial charge is 0.294 e. The monoisotopic (exact) mass is 1220 g/mol. The predicted octanol–water partition coefficient (Wildman–Crippen LogP) is 13.0. The van der Waals surface area contributed by atoms with Gasteiger partial charge in [0.1, 0.15) is 11.5 Å². The first-order valence-electron chi connectivity index (χ1n) is 25.1. The molecular formula is C55H56N10O15S4. The highest BCUT2D eigenvalue weighted by molar-refractivity contribution is 7.91. The third kappa shape index (κ3) is 14.4. The van der Waals surface area contributed by atoms with Gasteiger partial charge in [-0.25, -0.2) is 0 Å². The van der Waals surface area contributed by atoms with Gasteiger partial charge >= 0.3 is 0 Å². The molecule has 0 heterocycles. The predicted molar refractivity (Wildman–Crippen MR) is 313 cm³/mol. The fourth-order valence-electron chi connectivity index (χ4n) is 8.97. The van der Waals surface area contributed by atoms with Crippen LogP contribution < -0.4 is 20.1 Å². The Hall–Kier alpha value is -8.26. The molecule has 0 saturated heterocycles. The minimum absolute atomic E-state index is 0.0227. The van der Waals surface area contributed by atoms with Gasteiger partial charge in [-0.3, -0.25) is 18.2 Å². The van der Waals surface area contributed by atoms with Gasteiger partial charge < -0.3 is 24.8 Å². The van der Waals surface area contributed by atoms with E-state index in [2.05, 4.69) is 51.5 Å². The maximum absolute atomic E-state index is 12.2. The molecule has 0 radical (unpaired) electrons. The van der Waals surface area contributed by atoms with E-state index in [1.165, 1.54) is 39.6 Å². The van der Waals surface area contributed by atoms with Crippen molar-refractivity contribution in [3.8, 4) is 11.5 Å². The molecule has 5 aromatic carbocycles. The summed E-state index contributed by atoms with van der Waals surface area (Å²) in [6.07, 6.45) is 8.47. The van der Waals surface area contributed by atoms with Crippen molar-refractivity contribution in [2.24, 2.45) is 46.8 Å². The molecule has 3 aliphatic rings. The van der Waals surface area contributed by atoms with Crippen molar-refractivity contribution in [1.82, 2.24) is 0 Å². The molecule has 0 saturated carbocycles.